The number of hydrogen-bond acceptors (Lipinski definition) is 4. The number of carbonyl (C=O) groups is 2. The maximum absolute atomic E-state index is 10.9. The smallest absolute Gasteiger partial charge is 0.248 e. The molecule has 0 aliphatic rings. The number of hydrogen-bond donors (Lipinski definition) is 0. The van der Waals surface area contributed by atoms with E-state index in [1.54, 1.807) is 13.0 Å². The van der Waals surface area contributed by atoms with E-state index in [4.69, 9.17) is 0 Å². The molecule has 0 atom stereocenters. The van der Waals surface area contributed by atoms with Crippen LogP contribution in [0.2, 0.25) is 0 Å². The molecular weight excluding hydrogens is 160 g/mol. The molecule has 4 nitrogen and oxygen atoms in total. The summed E-state index contributed by atoms with van der Waals surface area (Å²) in [6.07, 6.45) is 2.42. The van der Waals surface area contributed by atoms with Crippen LogP contribution < -0.4 is 0 Å². The van der Waals surface area contributed by atoms with Crippen LogP contribution in [-0.4, -0.2) is 11.9 Å². The molecule has 0 aromatic carbocycles. The molecule has 68 valence electrons. The summed E-state index contributed by atoms with van der Waals surface area (Å²) in [5, 5.41) is 0. The second-order valence-corrected chi connectivity index (χ2v) is 2.24. The highest BCUT2D eigenvalue weighted by atomic mass is 17.2. The molecule has 0 N–H and O–H groups in total. The third-order valence-corrected chi connectivity index (χ3v) is 1.07. The van der Waals surface area contributed by atoms with Gasteiger partial charge in [0.25, 0.3) is 0 Å². The van der Waals surface area contributed by atoms with E-state index in [1.807, 2.05) is 6.92 Å². The summed E-state index contributed by atoms with van der Waals surface area (Å²) >= 11 is 0. The van der Waals surface area contributed by atoms with Gasteiger partial charge >= 0.3 is 11.9 Å². The first-order valence-corrected chi connectivity index (χ1v) is 3.64. The van der Waals surface area contributed by atoms with Crippen LogP contribution in [0.5, 0.6) is 0 Å². The third-order valence-electron chi connectivity index (χ3n) is 1.07. The van der Waals surface area contributed by atoms with E-state index in [2.05, 4.69) is 9.78 Å². The van der Waals surface area contributed by atoms with E-state index in [9.17, 15) is 9.59 Å². The monoisotopic (exact) mass is 172 g/mol. The topological polar surface area (TPSA) is 52.6 Å². The number of rotatable bonds is 2. The van der Waals surface area contributed by atoms with Crippen LogP contribution in [0, 0.1) is 0 Å². The predicted octanol–water partition coefficient (Wildman–Crippen LogP) is 1.36. The summed E-state index contributed by atoms with van der Waals surface area (Å²) in [6.45, 7) is 4.64. The van der Waals surface area contributed by atoms with Gasteiger partial charge in [-0.05, 0) is 13.3 Å². The Morgan fingerprint density at radius 2 is 1.83 bits per heavy atom. The molecule has 4 heteroatoms. The van der Waals surface area contributed by atoms with Crippen LogP contribution in [-0.2, 0) is 19.4 Å². The van der Waals surface area contributed by atoms with Crippen molar-refractivity contribution in [2.24, 2.45) is 0 Å². The zero-order valence-corrected chi connectivity index (χ0v) is 7.42. The van der Waals surface area contributed by atoms with E-state index in [-0.39, 0.29) is 0 Å². The van der Waals surface area contributed by atoms with Crippen molar-refractivity contribution in [1.82, 2.24) is 0 Å². The Hall–Kier alpha value is -1.32. The van der Waals surface area contributed by atoms with Crippen molar-refractivity contribution in [3.05, 3.63) is 11.6 Å². The van der Waals surface area contributed by atoms with E-state index >= 15 is 0 Å². The molecule has 0 unspecified atom stereocenters. The molecule has 0 aliphatic heterocycles. The van der Waals surface area contributed by atoms with Gasteiger partial charge in [-0.2, -0.15) is 0 Å². The van der Waals surface area contributed by atoms with Crippen molar-refractivity contribution >= 4 is 11.9 Å². The summed E-state index contributed by atoms with van der Waals surface area (Å²) in [5.74, 6) is -1.28. The predicted molar refractivity (Wildman–Crippen MR) is 41.9 cm³/mol. The first-order valence-electron chi connectivity index (χ1n) is 3.64. The molecule has 0 saturated carbocycles. The van der Waals surface area contributed by atoms with Crippen LogP contribution in [0.25, 0.3) is 0 Å². The molecule has 0 aromatic heterocycles. The number of carbonyl (C=O) groups excluding carboxylic acids is 2. The molecular formula is C8H12O4. The van der Waals surface area contributed by atoms with Gasteiger partial charge in [0.05, 0.1) is 0 Å². The summed E-state index contributed by atoms with van der Waals surface area (Å²) in [6, 6.07) is 0. The Morgan fingerprint density at radius 3 is 2.25 bits per heavy atom. The van der Waals surface area contributed by atoms with Gasteiger partial charge in [-0.3, -0.25) is 0 Å². The molecule has 0 rings (SSSR count). The van der Waals surface area contributed by atoms with Crippen LogP contribution in [0.1, 0.15) is 27.2 Å². The number of allylic oxidation sites excluding steroid dienone is 1. The lowest BCUT2D eigenvalue weighted by Gasteiger charge is -1.99. The summed E-state index contributed by atoms with van der Waals surface area (Å²) in [4.78, 5) is 29.3. The second-order valence-electron chi connectivity index (χ2n) is 2.24. The highest BCUT2D eigenvalue weighted by Gasteiger charge is 2.07. The largest absolute Gasteiger partial charge is 0.381 e. The van der Waals surface area contributed by atoms with Crippen LogP contribution in [0.4, 0.5) is 0 Å². The molecule has 0 saturated heterocycles. The zero-order valence-electron chi connectivity index (χ0n) is 7.42. The fourth-order valence-corrected chi connectivity index (χ4v) is 0.552. The highest BCUT2D eigenvalue weighted by molar-refractivity contribution is 5.87. The minimum Gasteiger partial charge on any atom is -0.248 e. The molecule has 0 aliphatic carbocycles. The average molecular weight is 172 g/mol. The van der Waals surface area contributed by atoms with Crippen molar-refractivity contribution in [1.29, 1.82) is 0 Å². The lowest BCUT2D eigenvalue weighted by molar-refractivity contribution is -0.253. The lowest BCUT2D eigenvalue weighted by atomic mass is 10.2. The summed E-state index contributed by atoms with van der Waals surface area (Å²) in [7, 11) is 0. The minimum atomic E-state index is -0.646. The Labute approximate surface area is 71.1 Å². The van der Waals surface area contributed by atoms with E-state index < -0.39 is 11.9 Å². The van der Waals surface area contributed by atoms with Gasteiger partial charge in [0.1, 0.15) is 0 Å². The fourth-order valence-electron chi connectivity index (χ4n) is 0.552. The Balaban J connectivity index is 3.88. The normalized spacial score (nSPS) is 10.8. The van der Waals surface area contributed by atoms with Gasteiger partial charge in [0, 0.05) is 12.5 Å². The molecule has 0 heterocycles. The van der Waals surface area contributed by atoms with E-state index in [0.29, 0.717) is 5.57 Å². The van der Waals surface area contributed by atoms with E-state index in [0.717, 1.165) is 13.3 Å². The van der Waals surface area contributed by atoms with Crippen molar-refractivity contribution in [3.8, 4) is 0 Å². The van der Waals surface area contributed by atoms with Crippen LogP contribution in [0.3, 0.4) is 0 Å². The third kappa shape index (κ3) is 4.49. The maximum atomic E-state index is 10.9. The first kappa shape index (κ1) is 10.7. The maximum Gasteiger partial charge on any atom is 0.381 e. The van der Waals surface area contributed by atoms with Gasteiger partial charge in [-0.1, -0.05) is 13.0 Å². The van der Waals surface area contributed by atoms with Gasteiger partial charge in [0.2, 0.25) is 0 Å². The van der Waals surface area contributed by atoms with Crippen molar-refractivity contribution in [2.75, 3.05) is 0 Å². The summed E-state index contributed by atoms with van der Waals surface area (Å²) in [5.41, 5.74) is 0.429. The molecule has 12 heavy (non-hydrogen) atoms. The SMILES string of the molecule is CCC=C(C)C(=O)OOC(C)=O. The molecule has 0 amide bonds. The molecule has 0 bridgehead atoms. The first-order chi connectivity index (χ1) is 5.57. The zero-order chi connectivity index (χ0) is 9.56. The van der Waals surface area contributed by atoms with Crippen molar-refractivity contribution < 1.29 is 19.4 Å². The van der Waals surface area contributed by atoms with Gasteiger partial charge in [0.15, 0.2) is 0 Å². The quantitative estimate of drug-likeness (QED) is 0.358. The van der Waals surface area contributed by atoms with Crippen molar-refractivity contribution in [2.45, 2.75) is 27.2 Å². The van der Waals surface area contributed by atoms with Crippen LogP contribution in [0.15, 0.2) is 11.6 Å². The fraction of sp³-hybridized carbons (Fsp3) is 0.500. The molecule has 0 aromatic rings. The highest BCUT2D eigenvalue weighted by Crippen LogP contribution is 1.98. The molecule has 0 radical (unpaired) electrons. The average Bonchev–Trinajstić information content (AvgIpc) is 2.00. The molecule has 0 spiro atoms. The minimum absolute atomic E-state index is 0.429. The Kier molecular flexibility index (Phi) is 4.76. The summed E-state index contributed by atoms with van der Waals surface area (Å²) < 4.78 is 0. The molecule has 0 fully saturated rings. The lowest BCUT2D eigenvalue weighted by Crippen LogP contribution is -2.09. The van der Waals surface area contributed by atoms with Crippen molar-refractivity contribution in [3.63, 3.8) is 0 Å². The second kappa shape index (κ2) is 5.35. The Bertz CT molecular complexity index is 205. The van der Waals surface area contributed by atoms with Gasteiger partial charge in [-0.15, -0.1) is 0 Å². The van der Waals surface area contributed by atoms with E-state index in [1.165, 1.54) is 0 Å². The van der Waals surface area contributed by atoms with Gasteiger partial charge < -0.3 is 0 Å². The van der Waals surface area contributed by atoms with Gasteiger partial charge in [-0.25, -0.2) is 19.4 Å². The van der Waals surface area contributed by atoms with Crippen LogP contribution >= 0.6 is 0 Å². The Morgan fingerprint density at radius 1 is 1.25 bits per heavy atom. The standard InChI is InChI=1S/C8H12O4/c1-4-5-6(2)8(10)12-11-7(3)9/h5H,4H2,1-3H3.